The summed E-state index contributed by atoms with van der Waals surface area (Å²) in [5.41, 5.74) is 10.7. The number of nitrogens with two attached hydrogens (primary N) is 1. The molecule has 192 valence electrons. The van der Waals surface area contributed by atoms with Crippen molar-refractivity contribution in [2.75, 3.05) is 32.8 Å². The number of para-hydroxylation sites is 1. The van der Waals surface area contributed by atoms with Crippen molar-refractivity contribution in [1.29, 1.82) is 0 Å². The van der Waals surface area contributed by atoms with Crippen LogP contribution in [0.1, 0.15) is 54.4 Å². The molecule has 1 aliphatic heterocycles. The first-order valence-electron chi connectivity index (χ1n) is 13.2. The summed E-state index contributed by atoms with van der Waals surface area (Å²) in [4.78, 5) is 15.2. The Morgan fingerprint density at radius 3 is 2.44 bits per heavy atom. The van der Waals surface area contributed by atoms with Crippen LogP contribution in [-0.4, -0.2) is 48.2 Å². The van der Waals surface area contributed by atoms with Crippen LogP contribution < -0.4 is 10.5 Å². The van der Waals surface area contributed by atoms with E-state index < -0.39 is 0 Å². The van der Waals surface area contributed by atoms with Crippen LogP contribution in [0.15, 0.2) is 54.6 Å². The molecule has 0 unspecified atom stereocenters. The number of amides is 1. The van der Waals surface area contributed by atoms with Crippen molar-refractivity contribution in [1.82, 2.24) is 9.47 Å². The highest BCUT2D eigenvalue weighted by Crippen LogP contribution is 2.36. The lowest BCUT2D eigenvalue weighted by Gasteiger charge is -2.26. The van der Waals surface area contributed by atoms with Crippen LogP contribution in [0.25, 0.3) is 11.1 Å². The normalized spacial score (nSPS) is 14.2. The molecule has 0 bridgehead atoms. The number of unbranched alkanes of at least 4 members (excludes halogenated alkanes) is 2. The molecular weight excluding hydrogens is 450 g/mol. The van der Waals surface area contributed by atoms with Crippen molar-refractivity contribution in [3.8, 4) is 22.6 Å². The average molecular weight is 490 g/mol. The van der Waals surface area contributed by atoms with E-state index in [2.05, 4.69) is 22.5 Å². The molecule has 36 heavy (non-hydrogen) atoms. The molecule has 3 aromatic rings. The Morgan fingerprint density at radius 1 is 0.972 bits per heavy atom. The van der Waals surface area contributed by atoms with Gasteiger partial charge in [-0.3, -0.25) is 9.69 Å². The van der Waals surface area contributed by atoms with Gasteiger partial charge in [0, 0.05) is 43.1 Å². The number of carbonyl (C=O) groups is 1. The third-order valence-electron chi connectivity index (χ3n) is 6.96. The molecular formula is C30H39N3O3. The SMILES string of the molecule is CCCCCc1c(-c2cccc(Oc3ccccc3)c2)c(C(N)=O)c(C)n1CCCN1CCOCC1. The van der Waals surface area contributed by atoms with E-state index in [1.807, 2.05) is 55.5 Å². The summed E-state index contributed by atoms with van der Waals surface area (Å²) in [7, 11) is 0. The standard InChI is InChI=1S/C30H39N3O3/c1-3-4-6-15-27-29(24-11-9-14-26(22-24)36-25-12-7-5-8-13-25)28(30(31)34)23(2)33(27)17-10-16-32-18-20-35-21-19-32/h5,7-9,11-14,22H,3-4,6,10,15-21H2,1-2H3,(H2,31,34). The van der Waals surface area contributed by atoms with Gasteiger partial charge in [-0.15, -0.1) is 0 Å². The third kappa shape index (κ3) is 6.37. The monoisotopic (exact) mass is 489 g/mol. The van der Waals surface area contributed by atoms with Crippen molar-refractivity contribution < 1.29 is 14.3 Å². The Morgan fingerprint density at radius 2 is 1.72 bits per heavy atom. The van der Waals surface area contributed by atoms with Gasteiger partial charge >= 0.3 is 0 Å². The quantitative estimate of drug-likeness (QED) is 0.326. The van der Waals surface area contributed by atoms with Gasteiger partial charge in [-0.1, -0.05) is 50.1 Å². The van der Waals surface area contributed by atoms with Crippen LogP contribution >= 0.6 is 0 Å². The smallest absolute Gasteiger partial charge is 0.251 e. The lowest BCUT2D eigenvalue weighted by molar-refractivity contribution is 0.0369. The molecule has 1 aliphatic rings. The van der Waals surface area contributed by atoms with E-state index in [0.29, 0.717) is 5.56 Å². The zero-order valence-electron chi connectivity index (χ0n) is 21.7. The second-order valence-electron chi connectivity index (χ2n) is 9.51. The zero-order chi connectivity index (χ0) is 25.3. The van der Waals surface area contributed by atoms with Crippen molar-refractivity contribution in [2.45, 2.75) is 52.5 Å². The van der Waals surface area contributed by atoms with Gasteiger partial charge < -0.3 is 19.8 Å². The fraction of sp³-hybridized carbons (Fsp3) is 0.433. The molecule has 2 aromatic carbocycles. The minimum atomic E-state index is -0.374. The van der Waals surface area contributed by atoms with Gasteiger partial charge in [-0.2, -0.15) is 0 Å². The predicted octanol–water partition coefficient (Wildman–Crippen LogP) is 5.81. The summed E-state index contributed by atoms with van der Waals surface area (Å²) in [5, 5.41) is 0. The number of rotatable bonds is 12. The van der Waals surface area contributed by atoms with Gasteiger partial charge in [-0.25, -0.2) is 0 Å². The van der Waals surface area contributed by atoms with Gasteiger partial charge in [0.1, 0.15) is 11.5 Å². The molecule has 6 nitrogen and oxygen atoms in total. The Labute approximate surface area is 215 Å². The van der Waals surface area contributed by atoms with Crippen LogP contribution in [0.3, 0.4) is 0 Å². The van der Waals surface area contributed by atoms with Crippen molar-refractivity contribution in [2.24, 2.45) is 5.73 Å². The molecule has 1 amide bonds. The first-order valence-corrected chi connectivity index (χ1v) is 13.2. The van der Waals surface area contributed by atoms with E-state index in [0.717, 1.165) is 99.8 Å². The van der Waals surface area contributed by atoms with Crippen LogP contribution in [0.2, 0.25) is 0 Å². The van der Waals surface area contributed by atoms with Gasteiger partial charge in [0.2, 0.25) is 0 Å². The molecule has 1 fully saturated rings. The maximum Gasteiger partial charge on any atom is 0.251 e. The average Bonchev–Trinajstić information content (AvgIpc) is 3.17. The number of hydrogen-bond donors (Lipinski definition) is 1. The van der Waals surface area contributed by atoms with E-state index in [-0.39, 0.29) is 5.91 Å². The highest BCUT2D eigenvalue weighted by molar-refractivity contribution is 6.02. The second-order valence-corrected chi connectivity index (χ2v) is 9.51. The van der Waals surface area contributed by atoms with Crippen LogP contribution in [-0.2, 0) is 17.7 Å². The minimum Gasteiger partial charge on any atom is -0.457 e. The number of hydrogen-bond acceptors (Lipinski definition) is 4. The Hall–Kier alpha value is -3.09. The second kappa shape index (κ2) is 12.7. The maximum absolute atomic E-state index is 12.8. The molecule has 0 aliphatic carbocycles. The Balaban J connectivity index is 1.67. The molecule has 6 heteroatoms. The van der Waals surface area contributed by atoms with Gasteiger partial charge in [0.05, 0.1) is 18.8 Å². The first kappa shape index (κ1) is 26.0. The largest absolute Gasteiger partial charge is 0.457 e. The fourth-order valence-electron chi connectivity index (χ4n) is 5.13. The summed E-state index contributed by atoms with van der Waals surface area (Å²) in [6.07, 6.45) is 5.31. The van der Waals surface area contributed by atoms with Crippen LogP contribution in [0, 0.1) is 6.92 Å². The number of morpholine rings is 1. The lowest BCUT2D eigenvalue weighted by Crippen LogP contribution is -2.37. The molecule has 0 atom stereocenters. The summed E-state index contributed by atoms with van der Waals surface area (Å²) in [5.74, 6) is 1.15. The number of aromatic nitrogens is 1. The van der Waals surface area contributed by atoms with Gasteiger partial charge in [0.15, 0.2) is 0 Å². The van der Waals surface area contributed by atoms with Crippen LogP contribution in [0.4, 0.5) is 0 Å². The topological polar surface area (TPSA) is 69.7 Å². The maximum atomic E-state index is 12.8. The van der Waals surface area contributed by atoms with E-state index in [9.17, 15) is 4.79 Å². The van der Waals surface area contributed by atoms with E-state index >= 15 is 0 Å². The van der Waals surface area contributed by atoms with E-state index in [1.54, 1.807) is 0 Å². The van der Waals surface area contributed by atoms with Crippen molar-refractivity contribution in [3.05, 3.63) is 71.5 Å². The fourth-order valence-corrected chi connectivity index (χ4v) is 5.13. The predicted molar refractivity (Wildman–Crippen MR) is 145 cm³/mol. The number of nitrogens with zero attached hydrogens (tertiary/aromatic N) is 2. The third-order valence-corrected chi connectivity index (χ3v) is 6.96. The van der Waals surface area contributed by atoms with E-state index in [1.165, 1.54) is 5.69 Å². The molecule has 2 heterocycles. The van der Waals surface area contributed by atoms with Crippen LogP contribution in [0.5, 0.6) is 11.5 Å². The van der Waals surface area contributed by atoms with Crippen molar-refractivity contribution >= 4 is 5.91 Å². The molecule has 1 saturated heterocycles. The number of primary amides is 1. The van der Waals surface area contributed by atoms with Gasteiger partial charge in [-0.05, 0) is 56.0 Å². The highest BCUT2D eigenvalue weighted by atomic mass is 16.5. The Bertz CT molecular complexity index is 1130. The highest BCUT2D eigenvalue weighted by Gasteiger charge is 2.25. The molecule has 1 aromatic heterocycles. The van der Waals surface area contributed by atoms with E-state index in [4.69, 9.17) is 15.2 Å². The first-order chi connectivity index (χ1) is 17.6. The minimum absolute atomic E-state index is 0.374. The molecule has 2 N–H and O–H groups in total. The van der Waals surface area contributed by atoms with Crippen molar-refractivity contribution in [3.63, 3.8) is 0 Å². The summed E-state index contributed by atoms with van der Waals surface area (Å²) < 4.78 is 13.9. The molecule has 0 spiro atoms. The lowest BCUT2D eigenvalue weighted by atomic mass is 9.97. The summed E-state index contributed by atoms with van der Waals surface area (Å²) in [6, 6.07) is 17.8. The molecule has 0 saturated carbocycles. The number of carbonyl (C=O) groups excluding carboxylic acids is 1. The number of ether oxygens (including phenoxy) is 2. The summed E-state index contributed by atoms with van der Waals surface area (Å²) >= 11 is 0. The molecule has 0 radical (unpaired) electrons. The Kier molecular flexibility index (Phi) is 9.20. The zero-order valence-corrected chi connectivity index (χ0v) is 21.7. The van der Waals surface area contributed by atoms with Gasteiger partial charge in [0.25, 0.3) is 5.91 Å². The molecule has 4 rings (SSSR count). The number of benzene rings is 2. The summed E-state index contributed by atoms with van der Waals surface area (Å²) in [6.45, 7) is 9.73.